The van der Waals surface area contributed by atoms with E-state index in [9.17, 15) is 0 Å². The maximum atomic E-state index is 5.55. The van der Waals surface area contributed by atoms with E-state index in [0.717, 1.165) is 18.8 Å². The van der Waals surface area contributed by atoms with Gasteiger partial charge in [-0.15, -0.1) is 0 Å². The van der Waals surface area contributed by atoms with Crippen molar-refractivity contribution in [3.63, 3.8) is 0 Å². The first-order valence-electron chi connectivity index (χ1n) is 5.92. The Morgan fingerprint density at radius 3 is 2.27 bits per heavy atom. The molecule has 3 N–H and O–H groups in total. The predicted molar refractivity (Wildman–Crippen MR) is 65.5 cm³/mol. The summed E-state index contributed by atoms with van der Waals surface area (Å²) in [6.07, 6.45) is 4.58. The Balaban J connectivity index is 3.82. The molecule has 0 heterocycles. The van der Waals surface area contributed by atoms with Crippen LogP contribution in [0.1, 0.15) is 53.4 Å². The third-order valence-electron chi connectivity index (χ3n) is 2.86. The number of nitrogens with one attached hydrogen (secondary N) is 1. The largest absolute Gasteiger partial charge is 0.379 e. The summed E-state index contributed by atoms with van der Waals surface area (Å²) >= 11 is 0. The van der Waals surface area contributed by atoms with Gasteiger partial charge in [-0.1, -0.05) is 26.7 Å². The quantitative estimate of drug-likeness (QED) is 0.484. The fraction of sp³-hybridized carbons (Fsp3) is 1.00. The van der Waals surface area contributed by atoms with Crippen LogP contribution in [0.4, 0.5) is 0 Å². The highest BCUT2D eigenvalue weighted by Crippen LogP contribution is 2.19. The van der Waals surface area contributed by atoms with Crippen LogP contribution in [-0.4, -0.2) is 18.8 Å². The molecule has 0 saturated heterocycles. The van der Waals surface area contributed by atoms with Gasteiger partial charge in [0, 0.05) is 13.2 Å². The SMILES string of the molecule is COC(C)(C)CC(CCCC(C)C)NN. The van der Waals surface area contributed by atoms with Crippen molar-refractivity contribution in [2.75, 3.05) is 7.11 Å². The van der Waals surface area contributed by atoms with Gasteiger partial charge in [-0.25, -0.2) is 0 Å². The van der Waals surface area contributed by atoms with Gasteiger partial charge >= 0.3 is 0 Å². The third-order valence-corrected chi connectivity index (χ3v) is 2.86. The predicted octanol–water partition coefficient (Wildman–Crippen LogP) is 2.46. The van der Waals surface area contributed by atoms with Crippen LogP contribution in [0.2, 0.25) is 0 Å². The minimum absolute atomic E-state index is 0.0884. The topological polar surface area (TPSA) is 47.3 Å². The molecule has 0 aliphatic rings. The molecule has 0 aromatic rings. The maximum Gasteiger partial charge on any atom is 0.0638 e. The summed E-state index contributed by atoms with van der Waals surface area (Å²) in [5.74, 6) is 6.32. The van der Waals surface area contributed by atoms with Gasteiger partial charge < -0.3 is 4.74 Å². The Labute approximate surface area is 94.7 Å². The van der Waals surface area contributed by atoms with E-state index in [0.29, 0.717) is 6.04 Å². The number of hydrazine groups is 1. The summed E-state index contributed by atoms with van der Waals surface area (Å²) in [7, 11) is 1.75. The molecule has 0 radical (unpaired) electrons. The van der Waals surface area contributed by atoms with Gasteiger partial charge in [0.25, 0.3) is 0 Å². The first-order valence-corrected chi connectivity index (χ1v) is 5.92. The van der Waals surface area contributed by atoms with Crippen molar-refractivity contribution >= 4 is 0 Å². The Bertz CT molecular complexity index is 158. The molecule has 0 aliphatic heterocycles. The lowest BCUT2D eigenvalue weighted by Crippen LogP contribution is -2.41. The fourth-order valence-corrected chi connectivity index (χ4v) is 1.69. The lowest BCUT2D eigenvalue weighted by molar-refractivity contribution is 0.00612. The van der Waals surface area contributed by atoms with E-state index < -0.39 is 0 Å². The minimum Gasteiger partial charge on any atom is -0.379 e. The van der Waals surface area contributed by atoms with Crippen LogP contribution in [0.15, 0.2) is 0 Å². The van der Waals surface area contributed by atoms with Crippen molar-refractivity contribution in [3.05, 3.63) is 0 Å². The molecular weight excluding hydrogens is 188 g/mol. The van der Waals surface area contributed by atoms with Crippen LogP contribution < -0.4 is 11.3 Å². The average molecular weight is 216 g/mol. The third kappa shape index (κ3) is 7.77. The van der Waals surface area contributed by atoms with E-state index in [4.69, 9.17) is 10.6 Å². The Morgan fingerprint density at radius 2 is 1.87 bits per heavy atom. The molecule has 1 atom stereocenters. The van der Waals surface area contributed by atoms with Gasteiger partial charge in [0.15, 0.2) is 0 Å². The van der Waals surface area contributed by atoms with E-state index in [1.54, 1.807) is 7.11 Å². The maximum absolute atomic E-state index is 5.55. The first-order chi connectivity index (χ1) is 6.91. The molecule has 0 bridgehead atoms. The summed E-state index contributed by atoms with van der Waals surface area (Å²) in [5.41, 5.74) is 2.80. The van der Waals surface area contributed by atoms with Crippen LogP contribution in [0, 0.1) is 5.92 Å². The van der Waals surface area contributed by atoms with Crippen molar-refractivity contribution in [2.45, 2.75) is 65.0 Å². The zero-order valence-corrected chi connectivity index (χ0v) is 11.0. The van der Waals surface area contributed by atoms with Crippen LogP contribution in [0.5, 0.6) is 0 Å². The van der Waals surface area contributed by atoms with Crippen molar-refractivity contribution in [2.24, 2.45) is 11.8 Å². The van der Waals surface area contributed by atoms with Crippen molar-refractivity contribution in [1.82, 2.24) is 5.43 Å². The van der Waals surface area contributed by atoms with Gasteiger partial charge in [0.05, 0.1) is 5.60 Å². The highest BCUT2D eigenvalue weighted by Gasteiger charge is 2.21. The van der Waals surface area contributed by atoms with Gasteiger partial charge in [0.1, 0.15) is 0 Å². The minimum atomic E-state index is -0.0884. The fourth-order valence-electron chi connectivity index (χ4n) is 1.69. The van der Waals surface area contributed by atoms with Crippen LogP contribution in [0.3, 0.4) is 0 Å². The van der Waals surface area contributed by atoms with Gasteiger partial charge in [-0.05, 0) is 32.6 Å². The Hall–Kier alpha value is -0.120. The van der Waals surface area contributed by atoms with Crippen molar-refractivity contribution < 1.29 is 4.74 Å². The molecular formula is C12H28N2O. The first kappa shape index (κ1) is 14.9. The number of nitrogens with two attached hydrogens (primary N) is 1. The molecule has 0 aromatic carbocycles. The van der Waals surface area contributed by atoms with Crippen LogP contribution in [-0.2, 0) is 4.74 Å². The zero-order valence-electron chi connectivity index (χ0n) is 11.0. The molecule has 0 amide bonds. The molecule has 0 saturated carbocycles. The highest BCUT2D eigenvalue weighted by molar-refractivity contribution is 4.76. The Morgan fingerprint density at radius 1 is 1.27 bits per heavy atom. The molecule has 3 nitrogen and oxygen atoms in total. The van der Waals surface area contributed by atoms with Crippen LogP contribution in [0.25, 0.3) is 0 Å². The van der Waals surface area contributed by atoms with E-state index in [1.165, 1.54) is 12.8 Å². The molecule has 0 spiro atoms. The lowest BCUT2D eigenvalue weighted by Gasteiger charge is -2.28. The molecule has 0 aromatic heterocycles. The molecule has 15 heavy (non-hydrogen) atoms. The number of ether oxygens (including phenoxy) is 1. The summed E-state index contributed by atoms with van der Waals surface area (Å²) in [5, 5.41) is 0. The average Bonchev–Trinajstić information content (AvgIpc) is 2.15. The second-order valence-corrected chi connectivity index (χ2v) is 5.36. The van der Waals surface area contributed by atoms with Gasteiger partial charge in [-0.2, -0.15) is 0 Å². The number of methoxy groups -OCH3 is 1. The standard InChI is InChI=1S/C12H28N2O/c1-10(2)7-6-8-11(14-13)9-12(3,4)15-5/h10-11,14H,6-9,13H2,1-5H3. The van der Waals surface area contributed by atoms with E-state index in [2.05, 4.69) is 33.1 Å². The van der Waals surface area contributed by atoms with Gasteiger partial charge in [-0.3, -0.25) is 11.3 Å². The van der Waals surface area contributed by atoms with E-state index in [1.807, 2.05) is 0 Å². The number of hydrogen-bond acceptors (Lipinski definition) is 3. The molecule has 0 rings (SSSR count). The van der Waals surface area contributed by atoms with Crippen molar-refractivity contribution in [1.29, 1.82) is 0 Å². The normalized spacial score (nSPS) is 14.6. The van der Waals surface area contributed by atoms with E-state index >= 15 is 0 Å². The number of rotatable bonds is 8. The summed E-state index contributed by atoms with van der Waals surface area (Å²) in [6, 6.07) is 0.360. The summed E-state index contributed by atoms with van der Waals surface area (Å²) < 4.78 is 5.40. The Kier molecular flexibility index (Phi) is 7.14. The van der Waals surface area contributed by atoms with Crippen molar-refractivity contribution in [3.8, 4) is 0 Å². The van der Waals surface area contributed by atoms with E-state index in [-0.39, 0.29) is 5.60 Å². The smallest absolute Gasteiger partial charge is 0.0638 e. The lowest BCUT2D eigenvalue weighted by atomic mass is 9.94. The molecule has 92 valence electrons. The molecule has 1 unspecified atom stereocenters. The van der Waals surface area contributed by atoms with Gasteiger partial charge in [0.2, 0.25) is 0 Å². The molecule has 0 fully saturated rings. The second-order valence-electron chi connectivity index (χ2n) is 5.36. The monoisotopic (exact) mass is 216 g/mol. The molecule has 0 aliphatic carbocycles. The number of hydrogen-bond donors (Lipinski definition) is 2. The highest BCUT2D eigenvalue weighted by atomic mass is 16.5. The summed E-state index contributed by atoms with van der Waals surface area (Å²) in [4.78, 5) is 0. The molecule has 3 heteroatoms. The zero-order chi connectivity index (χ0) is 11.9. The summed E-state index contributed by atoms with van der Waals surface area (Å²) in [6.45, 7) is 8.70. The second kappa shape index (κ2) is 7.20. The van der Waals surface area contributed by atoms with Crippen LogP contribution >= 0.6 is 0 Å².